The summed E-state index contributed by atoms with van der Waals surface area (Å²) in [6.07, 6.45) is 4.44. The zero-order valence-corrected chi connectivity index (χ0v) is 6.38. The number of fused-ring (bicyclic) bond motifs is 1. The Morgan fingerprint density at radius 1 is 1.64 bits per heavy atom. The molecule has 1 aromatic rings. The Balaban J connectivity index is 2.57. The van der Waals surface area contributed by atoms with Gasteiger partial charge >= 0.3 is 0 Å². The molecule has 2 rings (SSSR count). The molecule has 0 saturated carbocycles. The van der Waals surface area contributed by atoms with E-state index in [2.05, 4.69) is 14.7 Å². The van der Waals surface area contributed by atoms with Crippen molar-refractivity contribution in [3.63, 3.8) is 0 Å². The Labute approximate surface area is 67.0 Å². The molecule has 0 fully saturated rings. The highest BCUT2D eigenvalue weighted by molar-refractivity contribution is 7.08. The summed E-state index contributed by atoms with van der Waals surface area (Å²) in [5.74, 6) is 0. The Morgan fingerprint density at radius 3 is 3.36 bits per heavy atom. The molecule has 0 amide bonds. The highest BCUT2D eigenvalue weighted by Gasteiger charge is 2.15. The van der Waals surface area contributed by atoms with Crippen LogP contribution in [0.3, 0.4) is 0 Å². The van der Waals surface area contributed by atoms with Crippen LogP contribution in [0.25, 0.3) is 6.08 Å². The predicted octanol–water partition coefficient (Wildman–Crippen LogP) is 1.13. The number of oxime groups is 1. The third-order valence-electron chi connectivity index (χ3n) is 1.48. The highest BCUT2D eigenvalue weighted by Crippen LogP contribution is 2.19. The molecule has 56 valence electrons. The summed E-state index contributed by atoms with van der Waals surface area (Å²) in [6, 6.07) is 0. The fourth-order valence-corrected chi connectivity index (χ4v) is 1.61. The Morgan fingerprint density at radius 2 is 2.55 bits per heavy atom. The molecule has 1 heterocycles. The Hall–Kier alpha value is -1.23. The van der Waals surface area contributed by atoms with Gasteiger partial charge in [0.2, 0.25) is 0 Å². The van der Waals surface area contributed by atoms with E-state index in [1.54, 1.807) is 0 Å². The van der Waals surface area contributed by atoms with Gasteiger partial charge in [-0.25, -0.2) is 0 Å². The standard InChI is InChI=1S/C6H5N3OS/c10-8-5-3-1-2-4-6(5)11-9-7-4/h1-2,10H,3H2. The first kappa shape index (κ1) is 6.48. The van der Waals surface area contributed by atoms with Crippen LogP contribution >= 0.6 is 11.5 Å². The van der Waals surface area contributed by atoms with Crippen molar-refractivity contribution in [1.82, 2.24) is 9.59 Å². The van der Waals surface area contributed by atoms with Crippen LogP contribution in [0, 0.1) is 0 Å². The van der Waals surface area contributed by atoms with Crippen molar-refractivity contribution in [3.8, 4) is 0 Å². The molecule has 0 aromatic carbocycles. The van der Waals surface area contributed by atoms with E-state index < -0.39 is 0 Å². The van der Waals surface area contributed by atoms with Crippen LogP contribution in [-0.4, -0.2) is 20.5 Å². The summed E-state index contributed by atoms with van der Waals surface area (Å²) in [6.45, 7) is 0. The lowest BCUT2D eigenvalue weighted by Crippen LogP contribution is -2.02. The second-order valence-corrected chi connectivity index (χ2v) is 2.89. The maximum atomic E-state index is 8.56. The summed E-state index contributed by atoms with van der Waals surface area (Å²) >= 11 is 1.25. The third kappa shape index (κ3) is 0.932. The molecule has 0 spiro atoms. The van der Waals surface area contributed by atoms with E-state index in [1.807, 2.05) is 12.2 Å². The number of aromatic nitrogens is 2. The lowest BCUT2D eigenvalue weighted by atomic mass is 10.1. The van der Waals surface area contributed by atoms with Crippen LogP contribution in [0.2, 0.25) is 0 Å². The van der Waals surface area contributed by atoms with Crippen LogP contribution < -0.4 is 0 Å². The normalized spacial score (nSPS) is 18.7. The largest absolute Gasteiger partial charge is 0.411 e. The van der Waals surface area contributed by atoms with Gasteiger partial charge in [-0.3, -0.25) is 0 Å². The molecule has 1 aliphatic carbocycles. The monoisotopic (exact) mass is 167 g/mol. The molecule has 1 aromatic heterocycles. The van der Waals surface area contributed by atoms with Crippen LogP contribution in [0.5, 0.6) is 0 Å². The van der Waals surface area contributed by atoms with Gasteiger partial charge in [0, 0.05) is 6.42 Å². The maximum Gasteiger partial charge on any atom is 0.107 e. The van der Waals surface area contributed by atoms with Gasteiger partial charge in [-0.2, -0.15) is 0 Å². The number of nitrogens with zero attached hydrogens (tertiary/aromatic N) is 3. The van der Waals surface area contributed by atoms with E-state index in [0.29, 0.717) is 12.1 Å². The van der Waals surface area contributed by atoms with Gasteiger partial charge in [0.15, 0.2) is 0 Å². The van der Waals surface area contributed by atoms with Crippen LogP contribution in [0.15, 0.2) is 11.2 Å². The first-order valence-corrected chi connectivity index (χ1v) is 3.89. The van der Waals surface area contributed by atoms with E-state index >= 15 is 0 Å². The van der Waals surface area contributed by atoms with Gasteiger partial charge < -0.3 is 5.21 Å². The van der Waals surface area contributed by atoms with Gasteiger partial charge in [0.1, 0.15) is 16.3 Å². The summed E-state index contributed by atoms with van der Waals surface area (Å²) < 4.78 is 3.75. The lowest BCUT2D eigenvalue weighted by Gasteiger charge is -2.01. The van der Waals surface area contributed by atoms with E-state index in [4.69, 9.17) is 5.21 Å². The number of allylic oxidation sites excluding steroid dienone is 1. The maximum absolute atomic E-state index is 8.56. The fraction of sp³-hybridized carbons (Fsp3) is 0.167. The van der Waals surface area contributed by atoms with Gasteiger partial charge in [-0.15, -0.1) is 5.10 Å². The van der Waals surface area contributed by atoms with E-state index in [-0.39, 0.29) is 0 Å². The first-order chi connectivity index (χ1) is 5.42. The molecular formula is C6H5N3OS. The molecule has 0 saturated heterocycles. The van der Waals surface area contributed by atoms with Crippen molar-refractivity contribution in [2.75, 3.05) is 0 Å². The van der Waals surface area contributed by atoms with Crippen LogP contribution in [-0.2, 0) is 0 Å². The number of hydrogen-bond donors (Lipinski definition) is 1. The van der Waals surface area contributed by atoms with Crippen molar-refractivity contribution in [2.24, 2.45) is 5.16 Å². The minimum absolute atomic E-state index is 0.650. The van der Waals surface area contributed by atoms with Crippen molar-refractivity contribution in [1.29, 1.82) is 0 Å². The lowest BCUT2D eigenvalue weighted by molar-refractivity contribution is 0.318. The minimum Gasteiger partial charge on any atom is -0.411 e. The molecular weight excluding hydrogens is 162 g/mol. The fourth-order valence-electron chi connectivity index (χ4n) is 0.968. The smallest absolute Gasteiger partial charge is 0.107 e. The molecule has 11 heavy (non-hydrogen) atoms. The topological polar surface area (TPSA) is 58.4 Å². The number of rotatable bonds is 0. The van der Waals surface area contributed by atoms with Gasteiger partial charge in [0.25, 0.3) is 0 Å². The van der Waals surface area contributed by atoms with Gasteiger partial charge in [-0.05, 0) is 17.6 Å². The molecule has 4 nitrogen and oxygen atoms in total. The summed E-state index contributed by atoms with van der Waals surface area (Å²) in [5.41, 5.74) is 1.45. The van der Waals surface area contributed by atoms with Gasteiger partial charge in [-0.1, -0.05) is 15.7 Å². The average molecular weight is 167 g/mol. The highest BCUT2D eigenvalue weighted by atomic mass is 32.1. The van der Waals surface area contributed by atoms with Crippen molar-refractivity contribution in [3.05, 3.63) is 16.6 Å². The SMILES string of the molecule is ON=C1CC=Cc2nnsc21. The van der Waals surface area contributed by atoms with Gasteiger partial charge in [0.05, 0.1) is 0 Å². The molecule has 5 heteroatoms. The first-order valence-electron chi connectivity index (χ1n) is 3.12. The summed E-state index contributed by atoms with van der Waals surface area (Å²) in [7, 11) is 0. The second-order valence-electron chi connectivity index (χ2n) is 2.14. The molecule has 0 radical (unpaired) electrons. The van der Waals surface area contributed by atoms with E-state index in [1.165, 1.54) is 11.5 Å². The zero-order valence-electron chi connectivity index (χ0n) is 5.56. The number of hydrogen-bond acceptors (Lipinski definition) is 5. The molecule has 1 N–H and O–H groups in total. The van der Waals surface area contributed by atoms with E-state index in [0.717, 1.165) is 10.6 Å². The molecule has 1 aliphatic rings. The quantitative estimate of drug-likeness (QED) is 0.465. The van der Waals surface area contributed by atoms with E-state index in [9.17, 15) is 0 Å². The summed E-state index contributed by atoms with van der Waals surface area (Å²) in [5, 5.41) is 15.6. The van der Waals surface area contributed by atoms with Crippen molar-refractivity contribution < 1.29 is 5.21 Å². The predicted molar refractivity (Wildman–Crippen MR) is 41.9 cm³/mol. The van der Waals surface area contributed by atoms with Crippen molar-refractivity contribution in [2.45, 2.75) is 6.42 Å². The molecule has 0 aliphatic heterocycles. The second kappa shape index (κ2) is 2.43. The van der Waals surface area contributed by atoms with Crippen LogP contribution in [0.4, 0.5) is 0 Å². The average Bonchev–Trinajstić information content (AvgIpc) is 2.50. The van der Waals surface area contributed by atoms with Crippen molar-refractivity contribution >= 4 is 23.3 Å². The summed E-state index contributed by atoms with van der Waals surface area (Å²) in [4.78, 5) is 0.870. The Kier molecular flexibility index (Phi) is 1.43. The van der Waals surface area contributed by atoms with Crippen LogP contribution in [0.1, 0.15) is 17.0 Å². The third-order valence-corrected chi connectivity index (χ3v) is 2.27. The molecule has 0 bridgehead atoms. The Bertz CT molecular complexity index is 328. The molecule has 0 unspecified atom stereocenters. The molecule has 0 atom stereocenters. The zero-order chi connectivity index (χ0) is 7.68. The minimum atomic E-state index is 0.650.